The molecule has 1 heterocycles. The lowest BCUT2D eigenvalue weighted by Crippen LogP contribution is -2.54. The maximum atomic E-state index is 11.9. The Labute approximate surface area is 168 Å². The highest BCUT2D eigenvalue weighted by Gasteiger charge is 2.27. The summed E-state index contributed by atoms with van der Waals surface area (Å²) in [5, 5.41) is 6.74. The molecule has 1 fully saturated rings. The van der Waals surface area contributed by atoms with E-state index in [2.05, 4.69) is 34.4 Å². The van der Waals surface area contributed by atoms with Gasteiger partial charge >= 0.3 is 5.97 Å². The highest BCUT2D eigenvalue weighted by atomic mass is 16.5. The van der Waals surface area contributed by atoms with E-state index >= 15 is 0 Å². The normalized spacial score (nSPS) is 15.8. The topological polar surface area (TPSA) is 75.2 Å². The van der Waals surface area contributed by atoms with Crippen molar-refractivity contribution < 1.29 is 14.3 Å². The smallest absolute Gasteiger partial charge is 0.341 e. The summed E-state index contributed by atoms with van der Waals surface area (Å²) in [7, 11) is 4.66. The highest BCUT2D eigenvalue weighted by Crippen LogP contribution is 2.21. The number of guanidine groups is 1. The van der Waals surface area contributed by atoms with Crippen LogP contribution in [0.4, 0.5) is 0 Å². The zero-order valence-electron chi connectivity index (χ0n) is 17.8. The molecule has 0 atom stereocenters. The fraction of sp³-hybridized carbons (Fsp3) is 0.619. The van der Waals surface area contributed by atoms with Crippen molar-refractivity contribution in [3.63, 3.8) is 0 Å². The van der Waals surface area contributed by atoms with Gasteiger partial charge in [-0.2, -0.15) is 0 Å². The number of hydrogen-bond acceptors (Lipinski definition) is 5. The van der Waals surface area contributed by atoms with E-state index in [9.17, 15) is 4.79 Å². The van der Waals surface area contributed by atoms with Gasteiger partial charge in [0.2, 0.25) is 0 Å². The molecule has 0 saturated carbocycles. The molecular weight excluding hydrogens is 356 g/mol. The number of esters is 1. The van der Waals surface area contributed by atoms with E-state index in [1.165, 1.54) is 33.5 Å². The van der Waals surface area contributed by atoms with Crippen molar-refractivity contribution in [2.24, 2.45) is 4.99 Å². The Hall–Kier alpha value is -2.28. The van der Waals surface area contributed by atoms with E-state index in [-0.39, 0.29) is 5.54 Å². The zero-order chi connectivity index (χ0) is 20.6. The summed E-state index contributed by atoms with van der Waals surface area (Å²) in [5.74, 6) is 0.825. The first-order valence-corrected chi connectivity index (χ1v) is 9.86. The van der Waals surface area contributed by atoms with E-state index in [4.69, 9.17) is 9.47 Å². The molecule has 0 unspecified atom stereocenters. The van der Waals surface area contributed by atoms with Crippen molar-refractivity contribution >= 4 is 11.9 Å². The number of benzene rings is 1. The van der Waals surface area contributed by atoms with Crippen molar-refractivity contribution in [3.05, 3.63) is 29.3 Å². The number of hydrogen-bond donors (Lipinski definition) is 2. The summed E-state index contributed by atoms with van der Waals surface area (Å²) < 4.78 is 10.1. The van der Waals surface area contributed by atoms with Crippen LogP contribution in [-0.2, 0) is 11.3 Å². The second kappa shape index (κ2) is 10.3. The number of nitrogens with one attached hydrogen (secondary N) is 2. The van der Waals surface area contributed by atoms with Crippen molar-refractivity contribution in [2.45, 2.75) is 45.2 Å². The molecule has 0 spiro atoms. The first-order valence-electron chi connectivity index (χ1n) is 9.86. The van der Waals surface area contributed by atoms with E-state index in [0.29, 0.717) is 17.9 Å². The summed E-state index contributed by atoms with van der Waals surface area (Å²) in [6, 6.07) is 5.48. The monoisotopic (exact) mass is 390 g/mol. The van der Waals surface area contributed by atoms with Crippen LogP contribution in [0.5, 0.6) is 5.75 Å². The van der Waals surface area contributed by atoms with Gasteiger partial charge in [0.1, 0.15) is 11.3 Å². The third-order valence-electron chi connectivity index (χ3n) is 5.25. The Morgan fingerprint density at radius 3 is 2.50 bits per heavy atom. The Morgan fingerprint density at radius 2 is 1.89 bits per heavy atom. The summed E-state index contributed by atoms with van der Waals surface area (Å²) in [5.41, 5.74) is 1.42. The third kappa shape index (κ3) is 5.86. The molecule has 1 aliphatic heterocycles. The van der Waals surface area contributed by atoms with Crippen LogP contribution in [0.2, 0.25) is 0 Å². The van der Waals surface area contributed by atoms with Gasteiger partial charge in [-0.3, -0.25) is 9.89 Å². The average molecular weight is 391 g/mol. The van der Waals surface area contributed by atoms with Gasteiger partial charge in [-0.25, -0.2) is 4.79 Å². The van der Waals surface area contributed by atoms with Crippen LogP contribution in [0, 0.1) is 0 Å². The van der Waals surface area contributed by atoms with Crippen LogP contribution in [0.15, 0.2) is 23.2 Å². The maximum absolute atomic E-state index is 11.9. The van der Waals surface area contributed by atoms with Crippen molar-refractivity contribution in [3.8, 4) is 5.75 Å². The van der Waals surface area contributed by atoms with Crippen LogP contribution < -0.4 is 15.4 Å². The molecule has 28 heavy (non-hydrogen) atoms. The Kier molecular flexibility index (Phi) is 8.11. The maximum Gasteiger partial charge on any atom is 0.341 e. The molecule has 0 aromatic heterocycles. The molecule has 0 radical (unpaired) electrons. The number of nitrogens with zero attached hydrogens (tertiary/aromatic N) is 2. The summed E-state index contributed by atoms with van der Waals surface area (Å²) in [4.78, 5) is 18.8. The highest BCUT2D eigenvalue weighted by molar-refractivity contribution is 5.92. The van der Waals surface area contributed by atoms with Crippen molar-refractivity contribution in [2.75, 3.05) is 40.9 Å². The summed E-state index contributed by atoms with van der Waals surface area (Å²) >= 11 is 0. The van der Waals surface area contributed by atoms with Crippen LogP contribution >= 0.6 is 0 Å². The van der Waals surface area contributed by atoms with Crippen LogP contribution in [0.25, 0.3) is 0 Å². The summed E-state index contributed by atoms with van der Waals surface area (Å²) in [6.45, 7) is 8.20. The van der Waals surface area contributed by atoms with Crippen molar-refractivity contribution in [1.82, 2.24) is 15.5 Å². The van der Waals surface area contributed by atoms with Gasteiger partial charge in [0, 0.05) is 25.7 Å². The largest absolute Gasteiger partial charge is 0.496 e. The predicted molar refractivity (Wildman–Crippen MR) is 112 cm³/mol. The third-order valence-corrected chi connectivity index (χ3v) is 5.25. The molecule has 0 bridgehead atoms. The molecule has 7 heteroatoms. The number of aliphatic imine (C=N–C) groups is 1. The number of methoxy groups -OCH3 is 2. The lowest BCUT2D eigenvalue weighted by atomic mass is 9.98. The number of carbonyl (C=O) groups is 1. The predicted octanol–water partition coefficient (Wildman–Crippen LogP) is 2.41. The van der Waals surface area contributed by atoms with E-state index < -0.39 is 5.97 Å². The fourth-order valence-corrected chi connectivity index (χ4v) is 3.45. The molecular formula is C21H34N4O3. The second-order valence-corrected chi connectivity index (χ2v) is 7.67. The first kappa shape index (κ1) is 22.0. The van der Waals surface area contributed by atoms with Crippen LogP contribution in [0.3, 0.4) is 0 Å². The number of piperidine rings is 1. The molecule has 2 N–H and O–H groups in total. The fourth-order valence-electron chi connectivity index (χ4n) is 3.45. The second-order valence-electron chi connectivity index (χ2n) is 7.67. The van der Waals surface area contributed by atoms with Gasteiger partial charge < -0.3 is 20.1 Å². The minimum absolute atomic E-state index is 0.0657. The van der Waals surface area contributed by atoms with Gasteiger partial charge in [0.25, 0.3) is 0 Å². The SMILES string of the molecule is CN=C(NCc1ccc(OC)c(C(=O)OC)c1)NCC(C)(C)N1CCCCC1. The molecule has 156 valence electrons. The Morgan fingerprint density at radius 1 is 1.18 bits per heavy atom. The van der Waals surface area contributed by atoms with Gasteiger partial charge in [0.05, 0.1) is 14.2 Å². The molecule has 7 nitrogen and oxygen atoms in total. The minimum atomic E-state index is -0.413. The lowest BCUT2D eigenvalue weighted by Gasteiger charge is -2.41. The van der Waals surface area contributed by atoms with Gasteiger partial charge in [-0.15, -0.1) is 0 Å². The molecule has 1 saturated heterocycles. The summed E-state index contributed by atoms with van der Waals surface area (Å²) in [6.07, 6.45) is 3.88. The molecule has 2 rings (SSSR count). The van der Waals surface area contributed by atoms with Gasteiger partial charge in [0.15, 0.2) is 5.96 Å². The standard InChI is InChI=1S/C21H34N4O3/c1-21(2,25-11-7-6-8-12-25)15-24-20(22-3)23-14-16-9-10-18(27-4)17(13-16)19(26)28-5/h9-10,13H,6-8,11-12,14-15H2,1-5H3,(H2,22,23,24). The number of ether oxygens (including phenoxy) is 2. The molecule has 1 aliphatic rings. The molecule has 0 amide bonds. The first-order chi connectivity index (χ1) is 13.4. The molecule has 1 aromatic carbocycles. The van der Waals surface area contributed by atoms with E-state index in [1.807, 2.05) is 6.07 Å². The van der Waals surface area contributed by atoms with Crippen molar-refractivity contribution in [1.29, 1.82) is 0 Å². The average Bonchev–Trinajstić information content (AvgIpc) is 2.73. The number of carbonyl (C=O) groups excluding carboxylic acids is 1. The van der Waals surface area contributed by atoms with Gasteiger partial charge in [-0.1, -0.05) is 12.5 Å². The molecule has 1 aromatic rings. The Balaban J connectivity index is 1.94. The zero-order valence-corrected chi connectivity index (χ0v) is 17.8. The van der Waals surface area contributed by atoms with Gasteiger partial charge in [-0.05, 0) is 57.5 Å². The molecule has 0 aliphatic carbocycles. The van der Waals surface area contributed by atoms with E-state index in [0.717, 1.165) is 31.2 Å². The Bertz CT molecular complexity index is 682. The minimum Gasteiger partial charge on any atom is -0.496 e. The quantitative estimate of drug-likeness (QED) is 0.423. The lowest BCUT2D eigenvalue weighted by molar-refractivity contribution is 0.0597. The van der Waals surface area contributed by atoms with Crippen LogP contribution in [-0.4, -0.2) is 63.3 Å². The van der Waals surface area contributed by atoms with Crippen LogP contribution in [0.1, 0.15) is 49.0 Å². The number of rotatable bonds is 7. The van der Waals surface area contributed by atoms with E-state index in [1.54, 1.807) is 19.2 Å². The number of likely N-dealkylation sites (tertiary alicyclic amines) is 1.